The fourth-order valence-corrected chi connectivity index (χ4v) is 2.40. The summed E-state index contributed by atoms with van der Waals surface area (Å²) in [6.07, 6.45) is 1.63. The van der Waals surface area contributed by atoms with E-state index < -0.39 is 0 Å². The summed E-state index contributed by atoms with van der Waals surface area (Å²) >= 11 is 6.06. The van der Waals surface area contributed by atoms with Gasteiger partial charge in [-0.15, -0.1) is 12.4 Å². The lowest BCUT2D eigenvalue weighted by atomic mass is 10.3. The predicted octanol–water partition coefficient (Wildman–Crippen LogP) is 0.359. The van der Waals surface area contributed by atoms with Crippen LogP contribution in [0.2, 0.25) is 5.02 Å². The summed E-state index contributed by atoms with van der Waals surface area (Å²) in [5.41, 5.74) is 0.928. The van der Waals surface area contributed by atoms with Gasteiger partial charge in [-0.05, 0) is 7.05 Å². The number of nitrogens with zero attached hydrogens (tertiary/aromatic N) is 4. The minimum atomic E-state index is 0. The number of aryl methyl sites for hydroxylation is 1. The maximum Gasteiger partial charge on any atom is 0.236 e. The van der Waals surface area contributed by atoms with Crippen LogP contribution in [0.5, 0.6) is 0 Å². The van der Waals surface area contributed by atoms with Gasteiger partial charge in [0.25, 0.3) is 0 Å². The second kappa shape index (κ2) is 7.83. The Kier molecular flexibility index (Phi) is 6.75. The lowest BCUT2D eigenvalue weighted by Gasteiger charge is -2.29. The molecular weight excluding hydrogens is 301 g/mol. The summed E-state index contributed by atoms with van der Waals surface area (Å²) < 4.78 is 1.74. The van der Waals surface area contributed by atoms with Crippen LogP contribution in [0, 0.1) is 0 Å². The molecule has 2 rings (SSSR count). The van der Waals surface area contributed by atoms with E-state index in [1.807, 2.05) is 23.9 Å². The van der Waals surface area contributed by atoms with Gasteiger partial charge in [-0.1, -0.05) is 11.6 Å². The molecule has 0 aromatic carbocycles. The molecule has 1 amide bonds. The van der Waals surface area contributed by atoms with Gasteiger partial charge in [0.05, 0.1) is 23.5 Å². The van der Waals surface area contributed by atoms with Gasteiger partial charge >= 0.3 is 0 Å². The molecule has 20 heavy (non-hydrogen) atoms. The zero-order chi connectivity index (χ0) is 13.8. The maximum absolute atomic E-state index is 12.1. The summed E-state index contributed by atoms with van der Waals surface area (Å²) in [4.78, 5) is 16.0. The molecule has 2 heterocycles. The van der Waals surface area contributed by atoms with Crippen LogP contribution in [0.3, 0.4) is 0 Å². The van der Waals surface area contributed by atoms with Gasteiger partial charge in [0.2, 0.25) is 5.91 Å². The van der Waals surface area contributed by atoms with E-state index in [0.29, 0.717) is 18.1 Å². The minimum Gasteiger partial charge on any atom is -0.339 e. The molecule has 1 fully saturated rings. The number of nitrogens with one attached hydrogen (secondary N) is 1. The van der Waals surface area contributed by atoms with Crippen LogP contribution in [-0.4, -0.2) is 65.3 Å². The van der Waals surface area contributed by atoms with Crippen molar-refractivity contribution in [1.82, 2.24) is 24.9 Å². The number of carbonyl (C=O) groups is 1. The number of carbonyl (C=O) groups excluding carboxylic acids is 1. The first-order valence-corrected chi connectivity index (χ1v) is 6.79. The van der Waals surface area contributed by atoms with Crippen molar-refractivity contribution in [1.29, 1.82) is 0 Å². The summed E-state index contributed by atoms with van der Waals surface area (Å²) in [5.74, 6) is 0.169. The molecule has 1 aliphatic heterocycles. The van der Waals surface area contributed by atoms with E-state index in [4.69, 9.17) is 11.6 Å². The monoisotopic (exact) mass is 321 g/mol. The van der Waals surface area contributed by atoms with Gasteiger partial charge in [0.1, 0.15) is 0 Å². The number of hydrogen-bond donors (Lipinski definition) is 1. The smallest absolute Gasteiger partial charge is 0.236 e. The van der Waals surface area contributed by atoms with E-state index in [1.54, 1.807) is 10.9 Å². The Bertz CT molecular complexity index is 426. The Labute approximate surface area is 130 Å². The highest BCUT2D eigenvalue weighted by molar-refractivity contribution is 6.31. The molecule has 1 saturated heterocycles. The third-order valence-corrected chi connectivity index (χ3v) is 3.62. The highest BCUT2D eigenvalue weighted by Crippen LogP contribution is 2.15. The first kappa shape index (κ1) is 17.2. The van der Waals surface area contributed by atoms with Gasteiger partial charge in [0, 0.05) is 39.8 Å². The van der Waals surface area contributed by atoms with Crippen molar-refractivity contribution in [2.24, 2.45) is 7.05 Å². The molecule has 0 bridgehead atoms. The molecule has 0 unspecified atom stereocenters. The maximum atomic E-state index is 12.1. The van der Waals surface area contributed by atoms with Crippen molar-refractivity contribution >= 4 is 29.9 Å². The van der Waals surface area contributed by atoms with E-state index >= 15 is 0 Å². The van der Waals surface area contributed by atoms with E-state index in [1.165, 1.54) is 0 Å². The Morgan fingerprint density at radius 1 is 1.50 bits per heavy atom. The Hall–Kier alpha value is -0.820. The average molecular weight is 322 g/mol. The van der Waals surface area contributed by atoms with E-state index in [2.05, 4.69) is 10.4 Å². The average Bonchev–Trinajstić information content (AvgIpc) is 2.71. The van der Waals surface area contributed by atoms with Crippen molar-refractivity contribution in [3.05, 3.63) is 16.9 Å². The van der Waals surface area contributed by atoms with Crippen LogP contribution in [0.1, 0.15) is 5.69 Å². The van der Waals surface area contributed by atoms with Crippen molar-refractivity contribution < 1.29 is 4.79 Å². The summed E-state index contributed by atoms with van der Waals surface area (Å²) in [6.45, 7) is 4.36. The summed E-state index contributed by atoms with van der Waals surface area (Å²) in [7, 11) is 3.77. The van der Waals surface area contributed by atoms with Crippen LogP contribution >= 0.6 is 24.0 Å². The molecule has 6 nitrogen and oxygen atoms in total. The van der Waals surface area contributed by atoms with Gasteiger partial charge in [0.15, 0.2) is 0 Å². The number of aromatic nitrogens is 2. The molecule has 0 saturated carbocycles. The molecule has 0 atom stereocenters. The number of halogens is 2. The van der Waals surface area contributed by atoms with Crippen LogP contribution < -0.4 is 5.32 Å². The van der Waals surface area contributed by atoms with Crippen LogP contribution in [0.15, 0.2) is 6.20 Å². The zero-order valence-electron chi connectivity index (χ0n) is 11.8. The normalized spacial score (nSPS) is 15.3. The van der Waals surface area contributed by atoms with Gasteiger partial charge in [-0.2, -0.15) is 5.10 Å². The molecule has 1 aromatic rings. The minimum absolute atomic E-state index is 0. The highest BCUT2D eigenvalue weighted by atomic mass is 35.5. The largest absolute Gasteiger partial charge is 0.339 e. The summed E-state index contributed by atoms with van der Waals surface area (Å²) in [5, 5.41) is 7.97. The van der Waals surface area contributed by atoms with Gasteiger partial charge < -0.3 is 10.2 Å². The molecule has 1 aliphatic rings. The molecule has 0 spiro atoms. The van der Waals surface area contributed by atoms with E-state index in [0.717, 1.165) is 31.9 Å². The molecule has 1 aromatic heterocycles. The van der Waals surface area contributed by atoms with Crippen molar-refractivity contribution in [2.45, 2.75) is 6.54 Å². The quantitative estimate of drug-likeness (QED) is 0.870. The summed E-state index contributed by atoms with van der Waals surface area (Å²) in [6, 6.07) is 0. The highest BCUT2D eigenvalue weighted by Gasteiger charge is 2.18. The number of rotatable bonds is 4. The SMILES string of the molecule is CN(CC(=O)N1CCNCC1)Cc1c(Cl)cnn1C.Cl. The standard InChI is InChI=1S/C12H20ClN5O.ClH/c1-16(8-11-10(13)7-15-17(11)2)9-12(19)18-5-3-14-4-6-18;/h7,14H,3-6,8-9H2,1-2H3;1H. The van der Waals surface area contributed by atoms with Crippen molar-refractivity contribution in [3.63, 3.8) is 0 Å². The first-order valence-electron chi connectivity index (χ1n) is 6.41. The second-order valence-electron chi connectivity index (χ2n) is 4.87. The molecule has 8 heteroatoms. The molecular formula is C12H21Cl2N5O. The lowest BCUT2D eigenvalue weighted by Crippen LogP contribution is -2.49. The second-order valence-corrected chi connectivity index (χ2v) is 5.27. The fraction of sp³-hybridized carbons (Fsp3) is 0.667. The third-order valence-electron chi connectivity index (χ3n) is 3.31. The lowest BCUT2D eigenvalue weighted by molar-refractivity contribution is -0.132. The topological polar surface area (TPSA) is 53.4 Å². The van der Waals surface area contributed by atoms with Crippen LogP contribution in [-0.2, 0) is 18.4 Å². The zero-order valence-corrected chi connectivity index (χ0v) is 13.4. The molecule has 1 N–H and O–H groups in total. The third kappa shape index (κ3) is 4.34. The Morgan fingerprint density at radius 2 is 2.15 bits per heavy atom. The van der Waals surface area contributed by atoms with E-state index in [-0.39, 0.29) is 18.3 Å². The van der Waals surface area contributed by atoms with Gasteiger partial charge in [-0.25, -0.2) is 0 Å². The first-order chi connectivity index (χ1) is 9.08. The van der Waals surface area contributed by atoms with Crippen molar-refractivity contribution in [3.8, 4) is 0 Å². The predicted molar refractivity (Wildman–Crippen MR) is 81.2 cm³/mol. The number of piperazine rings is 1. The number of hydrogen-bond acceptors (Lipinski definition) is 4. The Balaban J connectivity index is 0.00000200. The van der Waals surface area contributed by atoms with Crippen LogP contribution in [0.4, 0.5) is 0 Å². The molecule has 0 radical (unpaired) electrons. The molecule has 114 valence electrons. The van der Waals surface area contributed by atoms with E-state index in [9.17, 15) is 4.79 Å². The fourth-order valence-electron chi connectivity index (χ4n) is 2.17. The Morgan fingerprint density at radius 3 is 2.70 bits per heavy atom. The van der Waals surface area contributed by atoms with Crippen LogP contribution in [0.25, 0.3) is 0 Å². The van der Waals surface area contributed by atoms with Gasteiger partial charge in [-0.3, -0.25) is 14.4 Å². The number of amides is 1. The van der Waals surface area contributed by atoms with Crippen molar-refractivity contribution in [2.75, 3.05) is 39.8 Å². The molecule has 0 aliphatic carbocycles. The number of likely N-dealkylation sites (N-methyl/N-ethyl adjacent to an activating group) is 1.